The lowest BCUT2D eigenvalue weighted by Crippen LogP contribution is -2.41. The van der Waals surface area contributed by atoms with E-state index in [0.29, 0.717) is 11.3 Å². The summed E-state index contributed by atoms with van der Waals surface area (Å²) in [6.45, 7) is 0. The highest BCUT2D eigenvalue weighted by atomic mass is 16.5. The Balaban J connectivity index is 1.43. The highest BCUT2D eigenvalue weighted by molar-refractivity contribution is 6.08. The number of amides is 2. The van der Waals surface area contributed by atoms with E-state index >= 15 is 0 Å². The number of carbonyl (C=O) groups excluding carboxylic acids is 2. The van der Waals surface area contributed by atoms with Gasteiger partial charge < -0.3 is 9.84 Å². The molecule has 0 aromatic heterocycles. The molecule has 0 unspecified atom stereocenters. The van der Waals surface area contributed by atoms with Crippen LogP contribution in [0.3, 0.4) is 0 Å². The van der Waals surface area contributed by atoms with Crippen LogP contribution in [-0.4, -0.2) is 35.3 Å². The molecule has 1 heterocycles. The van der Waals surface area contributed by atoms with Crippen LogP contribution in [0.2, 0.25) is 0 Å². The van der Waals surface area contributed by atoms with Crippen molar-refractivity contribution in [3.05, 3.63) is 94.5 Å². The van der Waals surface area contributed by atoms with E-state index in [1.54, 1.807) is 12.1 Å². The number of hydrazone groups is 1. The predicted molar refractivity (Wildman–Crippen MR) is 118 cm³/mol. The van der Waals surface area contributed by atoms with E-state index in [0.717, 1.165) is 27.3 Å². The van der Waals surface area contributed by atoms with Gasteiger partial charge >= 0.3 is 0 Å². The SMILES string of the molecule is COc1ccc(O)c(/C=N\N2C(=O)[C@@H]3C4c5ccccc5C(c5ccccc54)[C@@H]3C2=O)c1. The van der Waals surface area contributed by atoms with Gasteiger partial charge in [-0.25, -0.2) is 0 Å². The summed E-state index contributed by atoms with van der Waals surface area (Å²) in [6.07, 6.45) is 1.34. The van der Waals surface area contributed by atoms with Crippen molar-refractivity contribution in [3.8, 4) is 11.5 Å². The second kappa shape index (κ2) is 6.79. The third-order valence-corrected chi connectivity index (χ3v) is 6.97. The highest BCUT2D eigenvalue weighted by Crippen LogP contribution is 2.60. The van der Waals surface area contributed by atoms with E-state index in [4.69, 9.17) is 4.74 Å². The van der Waals surface area contributed by atoms with E-state index < -0.39 is 11.8 Å². The van der Waals surface area contributed by atoms with E-state index in [9.17, 15) is 14.7 Å². The van der Waals surface area contributed by atoms with Gasteiger partial charge in [-0.3, -0.25) is 9.59 Å². The molecule has 3 aromatic carbocycles. The number of rotatable bonds is 3. The number of phenols is 1. The average Bonchev–Trinajstić information content (AvgIpc) is 3.08. The van der Waals surface area contributed by atoms with Gasteiger partial charge in [0, 0.05) is 17.4 Å². The minimum absolute atomic E-state index is 0.00839. The van der Waals surface area contributed by atoms with Crippen LogP contribution in [0.1, 0.15) is 39.7 Å². The average molecular weight is 424 g/mol. The molecule has 1 saturated heterocycles. The zero-order chi connectivity index (χ0) is 22.0. The molecule has 6 heteroatoms. The zero-order valence-electron chi connectivity index (χ0n) is 17.3. The van der Waals surface area contributed by atoms with E-state index in [-0.39, 0.29) is 29.4 Å². The summed E-state index contributed by atoms with van der Waals surface area (Å²) in [5.41, 5.74) is 4.85. The fraction of sp³-hybridized carbons (Fsp3) is 0.192. The van der Waals surface area contributed by atoms with Crippen LogP contribution in [0, 0.1) is 11.8 Å². The Morgan fingerprint density at radius 2 is 1.34 bits per heavy atom. The summed E-state index contributed by atoms with van der Waals surface area (Å²) in [5.74, 6) is -1.34. The van der Waals surface area contributed by atoms with Gasteiger partial charge in [0.1, 0.15) is 11.5 Å². The second-order valence-electron chi connectivity index (χ2n) is 8.42. The zero-order valence-corrected chi connectivity index (χ0v) is 17.3. The lowest BCUT2D eigenvalue weighted by atomic mass is 9.55. The molecule has 4 aliphatic rings. The molecule has 0 saturated carbocycles. The van der Waals surface area contributed by atoms with Crippen LogP contribution in [0.5, 0.6) is 11.5 Å². The van der Waals surface area contributed by atoms with Gasteiger partial charge in [-0.1, -0.05) is 48.5 Å². The first-order valence-electron chi connectivity index (χ1n) is 10.6. The summed E-state index contributed by atoms with van der Waals surface area (Å²) in [4.78, 5) is 27.0. The molecule has 1 fully saturated rings. The van der Waals surface area contributed by atoms with Crippen LogP contribution in [-0.2, 0) is 9.59 Å². The Morgan fingerprint density at radius 3 is 1.81 bits per heavy atom. The van der Waals surface area contributed by atoms with Gasteiger partial charge in [-0.15, -0.1) is 0 Å². The van der Waals surface area contributed by atoms with E-state index in [1.807, 2.05) is 24.3 Å². The maximum Gasteiger partial charge on any atom is 0.254 e. The van der Waals surface area contributed by atoms with Crippen molar-refractivity contribution in [2.24, 2.45) is 16.9 Å². The Bertz CT molecular complexity index is 1200. The Kier molecular flexibility index (Phi) is 3.99. The monoisotopic (exact) mass is 424 g/mol. The van der Waals surface area contributed by atoms with Crippen molar-refractivity contribution in [2.75, 3.05) is 7.11 Å². The van der Waals surface area contributed by atoms with Crippen molar-refractivity contribution in [2.45, 2.75) is 11.8 Å². The van der Waals surface area contributed by atoms with Crippen LogP contribution >= 0.6 is 0 Å². The molecule has 2 amide bonds. The standard InChI is InChI=1S/C26H20N2O4/c1-32-15-10-11-20(29)14(12-15)13-27-28-25(30)23-21-16-6-2-3-7-17(16)22(24(23)26(28)31)19-9-5-4-8-18(19)21/h2-13,21-24,29H,1H3/b27-13-/t21?,22?,23-,24+. The number of nitrogens with zero attached hydrogens (tertiary/aromatic N) is 2. The van der Waals surface area contributed by atoms with Gasteiger partial charge in [0.25, 0.3) is 11.8 Å². The number of ether oxygens (including phenoxy) is 1. The largest absolute Gasteiger partial charge is 0.507 e. The minimum atomic E-state index is -0.478. The maximum atomic E-state index is 13.5. The molecule has 2 bridgehead atoms. The van der Waals surface area contributed by atoms with Crippen LogP contribution in [0.4, 0.5) is 0 Å². The summed E-state index contributed by atoms with van der Waals surface area (Å²) < 4.78 is 5.19. The first-order valence-corrected chi connectivity index (χ1v) is 10.6. The molecule has 0 spiro atoms. The van der Waals surface area contributed by atoms with Crippen molar-refractivity contribution in [1.82, 2.24) is 5.01 Å². The maximum absolute atomic E-state index is 13.5. The molecule has 1 aliphatic heterocycles. The van der Waals surface area contributed by atoms with Gasteiger partial charge in [0.05, 0.1) is 25.2 Å². The van der Waals surface area contributed by atoms with Crippen molar-refractivity contribution < 1.29 is 19.4 Å². The third kappa shape index (κ3) is 2.43. The minimum Gasteiger partial charge on any atom is -0.507 e. The van der Waals surface area contributed by atoms with Gasteiger partial charge in [-0.05, 0) is 40.5 Å². The first kappa shape index (κ1) is 18.8. The molecule has 32 heavy (non-hydrogen) atoms. The quantitative estimate of drug-likeness (QED) is 0.514. The summed E-state index contributed by atoms with van der Waals surface area (Å²) in [6, 6.07) is 20.9. The number of aromatic hydroxyl groups is 1. The van der Waals surface area contributed by atoms with Gasteiger partial charge in [0.2, 0.25) is 0 Å². The number of benzene rings is 3. The molecule has 3 aromatic rings. The van der Waals surface area contributed by atoms with Crippen molar-refractivity contribution in [3.63, 3.8) is 0 Å². The number of phenolic OH excluding ortho intramolecular Hbond substituents is 1. The van der Waals surface area contributed by atoms with Crippen LogP contribution in [0.15, 0.2) is 71.8 Å². The topological polar surface area (TPSA) is 79.2 Å². The molecule has 7 rings (SSSR count). The summed E-state index contributed by atoms with van der Waals surface area (Å²) >= 11 is 0. The number of methoxy groups -OCH3 is 1. The van der Waals surface area contributed by atoms with E-state index in [1.165, 1.54) is 19.4 Å². The molecule has 2 atom stereocenters. The van der Waals surface area contributed by atoms with Crippen LogP contribution in [0.25, 0.3) is 0 Å². The molecular formula is C26H20N2O4. The van der Waals surface area contributed by atoms with Gasteiger partial charge in [-0.2, -0.15) is 10.1 Å². The fourth-order valence-electron chi connectivity index (χ4n) is 5.66. The van der Waals surface area contributed by atoms with Crippen molar-refractivity contribution >= 4 is 18.0 Å². The molecular weight excluding hydrogens is 404 g/mol. The fourth-order valence-corrected chi connectivity index (χ4v) is 5.66. The van der Waals surface area contributed by atoms with Crippen LogP contribution < -0.4 is 4.74 Å². The normalized spacial score (nSPS) is 25.1. The molecule has 0 radical (unpaired) electrons. The Morgan fingerprint density at radius 1 is 0.844 bits per heavy atom. The van der Waals surface area contributed by atoms with Gasteiger partial charge in [0.15, 0.2) is 0 Å². The number of imide groups is 1. The Hall–Kier alpha value is -3.93. The Labute approximate surface area is 184 Å². The highest BCUT2D eigenvalue weighted by Gasteiger charge is 2.61. The number of carbonyl (C=O) groups is 2. The lowest BCUT2D eigenvalue weighted by Gasteiger charge is -2.45. The summed E-state index contributed by atoms with van der Waals surface area (Å²) in [5, 5.41) is 15.4. The third-order valence-electron chi connectivity index (χ3n) is 6.97. The number of hydrogen-bond acceptors (Lipinski definition) is 5. The first-order chi connectivity index (χ1) is 15.6. The second-order valence-corrected chi connectivity index (χ2v) is 8.42. The van der Waals surface area contributed by atoms with E-state index in [2.05, 4.69) is 29.4 Å². The lowest BCUT2D eigenvalue weighted by molar-refractivity contribution is -0.139. The number of hydrogen-bond donors (Lipinski definition) is 1. The summed E-state index contributed by atoms with van der Waals surface area (Å²) in [7, 11) is 1.52. The molecule has 1 N–H and O–H groups in total. The predicted octanol–water partition coefficient (Wildman–Crippen LogP) is 3.63. The smallest absolute Gasteiger partial charge is 0.254 e. The molecule has 6 nitrogen and oxygen atoms in total. The molecule has 158 valence electrons. The molecule has 3 aliphatic carbocycles. The van der Waals surface area contributed by atoms with Crippen molar-refractivity contribution in [1.29, 1.82) is 0 Å².